The molecule has 2 fully saturated rings. The molecule has 0 spiro atoms. The molecule has 4 aliphatic carbocycles. The van der Waals surface area contributed by atoms with Gasteiger partial charge in [0.1, 0.15) is 0 Å². The quantitative estimate of drug-likeness (QED) is 0.706. The van der Waals surface area contributed by atoms with E-state index in [-0.39, 0.29) is 22.5 Å². The molecule has 0 aromatic carbocycles. The van der Waals surface area contributed by atoms with Gasteiger partial charge in [-0.15, -0.1) is 0 Å². The summed E-state index contributed by atoms with van der Waals surface area (Å²) in [6.07, 6.45) is 12.1. The van der Waals surface area contributed by atoms with Crippen LogP contribution in [0.4, 0.5) is 0 Å². The fourth-order valence-electron chi connectivity index (χ4n) is 6.56. The Labute approximate surface area is 139 Å². The Morgan fingerprint density at radius 2 is 1.91 bits per heavy atom. The van der Waals surface area contributed by atoms with Crippen LogP contribution in [0.2, 0.25) is 0 Å². The average molecular weight is 312 g/mol. The Morgan fingerprint density at radius 3 is 2.65 bits per heavy atom. The summed E-state index contributed by atoms with van der Waals surface area (Å²) < 4.78 is 0. The minimum absolute atomic E-state index is 0.0704. The number of allylic oxidation sites excluding steroid dienone is 4. The van der Waals surface area contributed by atoms with E-state index >= 15 is 0 Å². The highest BCUT2D eigenvalue weighted by atomic mass is 16.1. The summed E-state index contributed by atoms with van der Waals surface area (Å²) in [5.41, 5.74) is 2.59. The monoisotopic (exact) mass is 312 g/mol. The Bertz CT molecular complexity index is 640. The molecule has 0 N–H and O–H groups in total. The van der Waals surface area contributed by atoms with E-state index < -0.39 is 0 Å². The SMILES string of the molecule is CC(=O)C1=CC[C@H]2[C@@H]3C(=O)C=C4CCCC[C@]4(C)[C@H]3CC[C@]12C. The van der Waals surface area contributed by atoms with Gasteiger partial charge in [-0.1, -0.05) is 31.9 Å². The lowest BCUT2D eigenvalue weighted by atomic mass is 9.47. The third-order valence-corrected chi connectivity index (χ3v) is 7.82. The van der Waals surface area contributed by atoms with Crippen molar-refractivity contribution in [1.29, 1.82) is 0 Å². The van der Waals surface area contributed by atoms with Gasteiger partial charge in [0.2, 0.25) is 0 Å². The topological polar surface area (TPSA) is 34.1 Å². The third kappa shape index (κ3) is 1.93. The molecule has 0 amide bonds. The highest BCUT2D eigenvalue weighted by molar-refractivity contribution is 5.97. The molecule has 124 valence electrons. The number of hydrogen-bond donors (Lipinski definition) is 0. The lowest BCUT2D eigenvalue weighted by Gasteiger charge is -2.56. The smallest absolute Gasteiger partial charge is 0.159 e. The molecule has 0 aliphatic heterocycles. The second kappa shape index (κ2) is 4.91. The molecule has 0 bridgehead atoms. The number of rotatable bonds is 1. The van der Waals surface area contributed by atoms with Crippen LogP contribution in [0, 0.1) is 28.6 Å². The number of fused-ring (bicyclic) bond motifs is 5. The maximum atomic E-state index is 13.0. The predicted molar refractivity (Wildman–Crippen MR) is 90.9 cm³/mol. The van der Waals surface area contributed by atoms with Crippen LogP contribution in [0.15, 0.2) is 23.3 Å². The van der Waals surface area contributed by atoms with Crippen LogP contribution in [-0.4, -0.2) is 11.6 Å². The summed E-state index contributed by atoms with van der Waals surface area (Å²) in [5.74, 6) is 1.53. The van der Waals surface area contributed by atoms with Crippen molar-refractivity contribution in [3.05, 3.63) is 23.3 Å². The van der Waals surface area contributed by atoms with Crippen LogP contribution in [-0.2, 0) is 9.59 Å². The van der Waals surface area contributed by atoms with Crippen LogP contribution in [0.5, 0.6) is 0 Å². The first-order valence-corrected chi connectivity index (χ1v) is 9.34. The molecule has 2 saturated carbocycles. The van der Waals surface area contributed by atoms with Crippen molar-refractivity contribution in [2.45, 2.75) is 65.7 Å². The van der Waals surface area contributed by atoms with Crippen molar-refractivity contribution in [2.24, 2.45) is 28.6 Å². The van der Waals surface area contributed by atoms with E-state index in [9.17, 15) is 9.59 Å². The third-order valence-electron chi connectivity index (χ3n) is 7.82. The molecule has 2 nitrogen and oxygen atoms in total. The molecule has 0 aromatic heterocycles. The van der Waals surface area contributed by atoms with Crippen LogP contribution in [0.1, 0.15) is 65.7 Å². The average Bonchev–Trinajstić information content (AvgIpc) is 2.85. The zero-order valence-corrected chi connectivity index (χ0v) is 14.7. The van der Waals surface area contributed by atoms with Gasteiger partial charge in [-0.3, -0.25) is 9.59 Å². The molecule has 0 heterocycles. The van der Waals surface area contributed by atoms with Gasteiger partial charge in [-0.2, -0.15) is 0 Å². The summed E-state index contributed by atoms with van der Waals surface area (Å²) in [6.45, 7) is 6.34. The molecule has 0 saturated heterocycles. The Kier molecular flexibility index (Phi) is 3.28. The molecule has 2 heteroatoms. The number of carbonyl (C=O) groups excluding carboxylic acids is 2. The van der Waals surface area contributed by atoms with Crippen molar-refractivity contribution in [2.75, 3.05) is 0 Å². The largest absolute Gasteiger partial charge is 0.295 e. The first-order valence-electron chi connectivity index (χ1n) is 9.34. The lowest BCUT2D eigenvalue weighted by molar-refractivity contribution is -0.132. The van der Waals surface area contributed by atoms with Crippen molar-refractivity contribution in [3.8, 4) is 0 Å². The number of hydrogen-bond acceptors (Lipinski definition) is 2. The second-order valence-electron chi connectivity index (χ2n) is 8.80. The molecule has 4 aliphatic rings. The van der Waals surface area contributed by atoms with E-state index in [1.165, 1.54) is 24.8 Å². The van der Waals surface area contributed by atoms with E-state index in [1.54, 1.807) is 6.92 Å². The zero-order valence-electron chi connectivity index (χ0n) is 14.7. The molecule has 5 atom stereocenters. The summed E-state index contributed by atoms with van der Waals surface area (Å²) in [5, 5.41) is 0. The van der Waals surface area contributed by atoms with E-state index in [0.29, 0.717) is 17.6 Å². The fraction of sp³-hybridized carbons (Fsp3) is 0.714. The molecule has 0 radical (unpaired) electrons. The van der Waals surface area contributed by atoms with Crippen LogP contribution in [0.3, 0.4) is 0 Å². The van der Waals surface area contributed by atoms with Crippen LogP contribution < -0.4 is 0 Å². The summed E-state index contributed by atoms with van der Waals surface area (Å²) >= 11 is 0. The lowest BCUT2D eigenvalue weighted by Crippen LogP contribution is -2.52. The van der Waals surface area contributed by atoms with Gasteiger partial charge in [0.15, 0.2) is 11.6 Å². The molecule has 0 aromatic rings. The summed E-state index contributed by atoms with van der Waals surface area (Å²) in [6, 6.07) is 0. The van der Waals surface area contributed by atoms with Gasteiger partial charge in [0.25, 0.3) is 0 Å². The maximum absolute atomic E-state index is 13.0. The van der Waals surface area contributed by atoms with Gasteiger partial charge in [-0.25, -0.2) is 0 Å². The minimum atomic E-state index is -0.0704. The van der Waals surface area contributed by atoms with Gasteiger partial charge >= 0.3 is 0 Å². The molecular weight excluding hydrogens is 284 g/mol. The van der Waals surface area contributed by atoms with E-state index in [2.05, 4.69) is 19.9 Å². The first-order chi connectivity index (χ1) is 10.9. The Balaban J connectivity index is 1.75. The Hall–Kier alpha value is -1.18. The van der Waals surface area contributed by atoms with E-state index in [4.69, 9.17) is 0 Å². The highest BCUT2D eigenvalue weighted by Gasteiger charge is 2.59. The maximum Gasteiger partial charge on any atom is 0.159 e. The molecular formula is C21H28O2. The highest BCUT2D eigenvalue weighted by Crippen LogP contribution is 2.64. The van der Waals surface area contributed by atoms with Crippen molar-refractivity contribution < 1.29 is 9.59 Å². The normalized spacial score (nSPS) is 45.5. The van der Waals surface area contributed by atoms with Crippen LogP contribution >= 0.6 is 0 Å². The number of ketones is 2. The zero-order chi connectivity index (χ0) is 16.4. The molecule has 23 heavy (non-hydrogen) atoms. The predicted octanol–water partition coefficient (Wildman–Crippen LogP) is 4.64. The number of Topliss-reactive ketones (excluding diaryl/α,β-unsaturated/α-hetero) is 1. The van der Waals surface area contributed by atoms with E-state index in [1.807, 2.05) is 6.08 Å². The van der Waals surface area contributed by atoms with Gasteiger partial charge in [-0.05, 0) is 79.8 Å². The van der Waals surface area contributed by atoms with Crippen molar-refractivity contribution in [1.82, 2.24) is 0 Å². The molecule has 4 rings (SSSR count). The Morgan fingerprint density at radius 1 is 1.13 bits per heavy atom. The van der Waals surface area contributed by atoms with Gasteiger partial charge in [0, 0.05) is 5.92 Å². The standard InChI is InChI=1S/C21H28O2/c1-13(22)15-7-8-16-19-17(9-11-21(15,16)3)20(2)10-5-4-6-14(20)12-18(19)23/h7,12,16-17,19H,4-6,8-11H2,1-3H3/t16-,17-,19-,20-,21+/m0/s1. The van der Waals surface area contributed by atoms with Gasteiger partial charge < -0.3 is 0 Å². The minimum Gasteiger partial charge on any atom is -0.295 e. The van der Waals surface area contributed by atoms with Crippen molar-refractivity contribution in [3.63, 3.8) is 0 Å². The van der Waals surface area contributed by atoms with Gasteiger partial charge in [0.05, 0.1) is 0 Å². The van der Waals surface area contributed by atoms with E-state index in [0.717, 1.165) is 31.3 Å². The van der Waals surface area contributed by atoms with Crippen molar-refractivity contribution >= 4 is 11.6 Å². The second-order valence-corrected chi connectivity index (χ2v) is 8.80. The number of carbonyl (C=O) groups is 2. The fourth-order valence-corrected chi connectivity index (χ4v) is 6.56. The summed E-state index contributed by atoms with van der Waals surface area (Å²) in [4.78, 5) is 25.1. The molecule has 0 unspecified atom stereocenters. The first kappa shape index (κ1) is 15.4. The summed E-state index contributed by atoms with van der Waals surface area (Å²) in [7, 11) is 0. The van der Waals surface area contributed by atoms with Crippen LogP contribution in [0.25, 0.3) is 0 Å².